The van der Waals surface area contributed by atoms with E-state index in [1.807, 2.05) is 11.8 Å². The second-order valence-electron chi connectivity index (χ2n) is 6.66. The number of carbonyl (C=O) groups excluding carboxylic acids is 2. The topological polar surface area (TPSA) is 46.6 Å². The first kappa shape index (κ1) is 17.7. The second kappa shape index (κ2) is 7.49. The zero-order chi connectivity index (χ0) is 18.1. The number of allylic oxidation sites excluding steroid dienone is 1. The summed E-state index contributed by atoms with van der Waals surface area (Å²) in [5, 5.41) is 0.780. The molecule has 0 aromatic heterocycles. The number of halogens is 1. The van der Waals surface area contributed by atoms with Gasteiger partial charge in [0.25, 0.3) is 11.8 Å². The Morgan fingerprint density at radius 3 is 2.54 bits per heavy atom. The van der Waals surface area contributed by atoms with Crippen molar-refractivity contribution < 1.29 is 14.3 Å². The van der Waals surface area contributed by atoms with Crippen LogP contribution in [-0.2, 0) is 9.59 Å². The Kier molecular flexibility index (Phi) is 5.09. The molecule has 26 heavy (non-hydrogen) atoms. The third-order valence-electron chi connectivity index (χ3n) is 4.93. The molecule has 1 atom stereocenters. The molecule has 2 amide bonds. The fourth-order valence-electron chi connectivity index (χ4n) is 3.58. The van der Waals surface area contributed by atoms with Gasteiger partial charge >= 0.3 is 0 Å². The zero-order valence-electron chi connectivity index (χ0n) is 14.4. The van der Waals surface area contributed by atoms with Gasteiger partial charge in [-0.05, 0) is 50.0 Å². The minimum atomic E-state index is -0.191. The maximum absolute atomic E-state index is 12.7. The van der Waals surface area contributed by atoms with Crippen molar-refractivity contribution in [3.8, 4) is 5.75 Å². The summed E-state index contributed by atoms with van der Waals surface area (Å²) in [5.74, 6) is 1.22. The van der Waals surface area contributed by atoms with Gasteiger partial charge in [0.15, 0.2) is 0 Å². The summed E-state index contributed by atoms with van der Waals surface area (Å²) < 4.78 is 5.90. The quantitative estimate of drug-likeness (QED) is 0.561. The molecule has 0 N–H and O–H groups in total. The standard InChI is InChI=1S/C20H20ClNO3S/c21-17-9-8-13(11-18(17)25-12-14-5-3-4-10-26-14)22-19(23)15-6-1-2-7-16(15)20(22)24/h3,5,8-9,11,14H,1-2,4,6-7,10,12H2. The minimum absolute atomic E-state index is 0.191. The molecule has 2 aliphatic heterocycles. The molecule has 1 aliphatic carbocycles. The molecule has 1 unspecified atom stereocenters. The first-order chi connectivity index (χ1) is 12.6. The molecule has 1 aromatic rings. The highest BCUT2D eigenvalue weighted by Gasteiger charge is 2.39. The number of amides is 2. The van der Waals surface area contributed by atoms with Crippen LogP contribution in [0.4, 0.5) is 5.69 Å². The summed E-state index contributed by atoms with van der Waals surface area (Å²) in [6, 6.07) is 5.10. The van der Waals surface area contributed by atoms with E-state index in [0.29, 0.717) is 52.3 Å². The molecule has 0 spiro atoms. The number of benzene rings is 1. The lowest BCUT2D eigenvalue weighted by Crippen LogP contribution is -2.31. The number of hydrogen-bond donors (Lipinski definition) is 0. The van der Waals surface area contributed by atoms with E-state index in [9.17, 15) is 9.59 Å². The van der Waals surface area contributed by atoms with E-state index in [0.717, 1.165) is 25.0 Å². The van der Waals surface area contributed by atoms with Crippen LogP contribution in [-0.4, -0.2) is 29.4 Å². The molecule has 3 aliphatic rings. The lowest BCUT2D eigenvalue weighted by Gasteiger charge is -2.19. The van der Waals surface area contributed by atoms with Gasteiger partial charge in [-0.25, -0.2) is 4.90 Å². The Hall–Kier alpha value is -1.72. The second-order valence-corrected chi connectivity index (χ2v) is 8.42. The molecule has 0 bridgehead atoms. The monoisotopic (exact) mass is 389 g/mol. The fourth-order valence-corrected chi connectivity index (χ4v) is 4.72. The van der Waals surface area contributed by atoms with Crippen LogP contribution in [0.5, 0.6) is 5.75 Å². The van der Waals surface area contributed by atoms with Crippen LogP contribution in [0.2, 0.25) is 5.02 Å². The molecule has 2 heterocycles. The minimum Gasteiger partial charge on any atom is -0.490 e. The Labute approximate surface area is 162 Å². The molecule has 136 valence electrons. The van der Waals surface area contributed by atoms with E-state index in [1.54, 1.807) is 18.2 Å². The summed E-state index contributed by atoms with van der Waals surface area (Å²) in [6.45, 7) is 0.515. The van der Waals surface area contributed by atoms with Gasteiger partial charge in [0.1, 0.15) is 12.4 Å². The SMILES string of the molecule is O=C1C2=C(CCCC2)C(=O)N1c1ccc(Cl)c(OCC2C=CCCS2)c1. The first-order valence-corrected chi connectivity index (χ1v) is 10.4. The Morgan fingerprint density at radius 2 is 1.88 bits per heavy atom. The molecular weight excluding hydrogens is 370 g/mol. The van der Waals surface area contributed by atoms with Gasteiger partial charge in [-0.2, -0.15) is 11.8 Å². The summed E-state index contributed by atoms with van der Waals surface area (Å²) in [6.07, 6.45) is 8.73. The van der Waals surface area contributed by atoms with E-state index in [-0.39, 0.29) is 11.8 Å². The molecule has 1 aromatic carbocycles. The Balaban J connectivity index is 1.54. The molecule has 0 radical (unpaired) electrons. The Bertz CT molecular complexity index is 789. The predicted octanol–water partition coefficient (Wildman–Crippen LogP) is 4.52. The summed E-state index contributed by atoms with van der Waals surface area (Å²) >= 11 is 8.12. The van der Waals surface area contributed by atoms with Gasteiger partial charge < -0.3 is 4.74 Å². The van der Waals surface area contributed by atoms with Crippen molar-refractivity contribution in [2.45, 2.75) is 37.4 Å². The van der Waals surface area contributed by atoms with Crippen molar-refractivity contribution in [3.63, 3.8) is 0 Å². The normalized spacial score (nSPS) is 22.8. The third kappa shape index (κ3) is 3.30. The summed E-state index contributed by atoms with van der Waals surface area (Å²) in [4.78, 5) is 26.7. The molecule has 4 nitrogen and oxygen atoms in total. The fraction of sp³-hybridized carbons (Fsp3) is 0.400. The molecule has 0 saturated heterocycles. The lowest BCUT2D eigenvalue weighted by molar-refractivity contribution is -0.120. The highest BCUT2D eigenvalue weighted by molar-refractivity contribution is 8.00. The average Bonchev–Trinajstić information content (AvgIpc) is 2.93. The average molecular weight is 390 g/mol. The number of thioether (sulfide) groups is 1. The highest BCUT2D eigenvalue weighted by Crippen LogP contribution is 2.38. The van der Waals surface area contributed by atoms with Gasteiger partial charge in [0.05, 0.1) is 16.0 Å². The maximum Gasteiger partial charge on any atom is 0.261 e. The molecular formula is C20H20ClNO3S. The lowest BCUT2D eigenvalue weighted by atomic mass is 9.93. The maximum atomic E-state index is 12.7. The first-order valence-electron chi connectivity index (χ1n) is 8.96. The summed E-state index contributed by atoms with van der Waals surface area (Å²) in [5.41, 5.74) is 1.89. The van der Waals surface area contributed by atoms with Crippen molar-refractivity contribution in [2.24, 2.45) is 0 Å². The van der Waals surface area contributed by atoms with Crippen LogP contribution in [0.3, 0.4) is 0 Å². The van der Waals surface area contributed by atoms with E-state index in [2.05, 4.69) is 12.2 Å². The largest absolute Gasteiger partial charge is 0.490 e. The van der Waals surface area contributed by atoms with E-state index < -0.39 is 0 Å². The Morgan fingerprint density at radius 1 is 1.15 bits per heavy atom. The molecule has 0 fully saturated rings. The van der Waals surface area contributed by atoms with Crippen LogP contribution in [0.15, 0.2) is 41.5 Å². The van der Waals surface area contributed by atoms with E-state index in [4.69, 9.17) is 16.3 Å². The molecule has 6 heteroatoms. The van der Waals surface area contributed by atoms with Crippen LogP contribution in [0.1, 0.15) is 32.1 Å². The van der Waals surface area contributed by atoms with Gasteiger partial charge in [-0.15, -0.1) is 0 Å². The van der Waals surface area contributed by atoms with Crippen molar-refractivity contribution in [3.05, 3.63) is 46.5 Å². The third-order valence-corrected chi connectivity index (χ3v) is 6.44. The number of rotatable bonds is 4. The number of ether oxygens (including phenoxy) is 1. The summed E-state index contributed by atoms with van der Waals surface area (Å²) in [7, 11) is 0. The van der Waals surface area contributed by atoms with Gasteiger partial charge in [0, 0.05) is 17.2 Å². The van der Waals surface area contributed by atoms with Crippen molar-refractivity contribution in [2.75, 3.05) is 17.3 Å². The zero-order valence-corrected chi connectivity index (χ0v) is 15.9. The van der Waals surface area contributed by atoms with Gasteiger partial charge in [-0.3, -0.25) is 9.59 Å². The van der Waals surface area contributed by atoms with Crippen LogP contribution in [0.25, 0.3) is 0 Å². The number of nitrogens with zero attached hydrogens (tertiary/aromatic N) is 1. The molecule has 0 saturated carbocycles. The number of hydrogen-bond acceptors (Lipinski definition) is 4. The smallest absolute Gasteiger partial charge is 0.261 e. The predicted molar refractivity (Wildman–Crippen MR) is 105 cm³/mol. The van der Waals surface area contributed by atoms with Crippen LogP contribution in [0, 0.1) is 0 Å². The number of carbonyl (C=O) groups is 2. The van der Waals surface area contributed by atoms with Gasteiger partial charge in [0.2, 0.25) is 0 Å². The van der Waals surface area contributed by atoms with Crippen LogP contribution < -0.4 is 9.64 Å². The van der Waals surface area contributed by atoms with Crippen LogP contribution >= 0.6 is 23.4 Å². The van der Waals surface area contributed by atoms with Crippen molar-refractivity contribution in [1.82, 2.24) is 0 Å². The van der Waals surface area contributed by atoms with Crippen molar-refractivity contribution in [1.29, 1.82) is 0 Å². The van der Waals surface area contributed by atoms with E-state index >= 15 is 0 Å². The van der Waals surface area contributed by atoms with Gasteiger partial charge in [-0.1, -0.05) is 23.8 Å². The van der Waals surface area contributed by atoms with E-state index in [1.165, 1.54) is 4.90 Å². The highest BCUT2D eigenvalue weighted by atomic mass is 35.5. The van der Waals surface area contributed by atoms with Crippen molar-refractivity contribution >= 4 is 40.9 Å². The molecule has 4 rings (SSSR count). The number of anilines is 1. The number of imide groups is 1.